The van der Waals surface area contributed by atoms with Gasteiger partial charge in [-0.1, -0.05) is 13.0 Å². The van der Waals surface area contributed by atoms with Crippen molar-refractivity contribution in [2.75, 3.05) is 39.9 Å². The number of piperidine rings is 1. The van der Waals surface area contributed by atoms with Gasteiger partial charge in [0.15, 0.2) is 0 Å². The Bertz CT molecular complexity index is 342. The molecule has 1 N–H and O–H groups in total. The molecule has 1 fully saturated rings. The summed E-state index contributed by atoms with van der Waals surface area (Å²) in [7, 11) is 1.83. The molecule has 0 bridgehead atoms. The lowest BCUT2D eigenvalue weighted by Crippen LogP contribution is -2.47. The first-order chi connectivity index (χ1) is 9.28. The summed E-state index contributed by atoms with van der Waals surface area (Å²) in [5.74, 6) is 0. The van der Waals surface area contributed by atoms with Crippen molar-refractivity contribution in [2.45, 2.75) is 26.3 Å². The molecule has 108 valence electrons. The summed E-state index contributed by atoms with van der Waals surface area (Å²) < 4.78 is 5.51. The van der Waals surface area contributed by atoms with Crippen LogP contribution in [0.2, 0.25) is 0 Å². The molecule has 19 heavy (non-hydrogen) atoms. The van der Waals surface area contributed by atoms with E-state index in [1.54, 1.807) is 0 Å². The maximum atomic E-state index is 5.51. The molecule has 1 aromatic rings. The van der Waals surface area contributed by atoms with Gasteiger partial charge in [0.05, 0.1) is 6.61 Å². The van der Waals surface area contributed by atoms with Crippen LogP contribution in [0.15, 0.2) is 17.5 Å². The minimum atomic E-state index is 0.341. The smallest absolute Gasteiger partial charge is 0.0531 e. The molecule has 1 aromatic heterocycles. The first kappa shape index (κ1) is 15.0. The Labute approximate surface area is 121 Å². The van der Waals surface area contributed by atoms with E-state index < -0.39 is 0 Å². The molecular formula is C15H26N2OS. The molecule has 2 rings (SSSR count). The molecule has 0 spiro atoms. The van der Waals surface area contributed by atoms with Crippen molar-refractivity contribution < 1.29 is 4.74 Å². The van der Waals surface area contributed by atoms with E-state index in [0.717, 1.165) is 39.3 Å². The Morgan fingerprint density at radius 2 is 2.21 bits per heavy atom. The van der Waals surface area contributed by atoms with Crippen molar-refractivity contribution in [3.63, 3.8) is 0 Å². The van der Waals surface area contributed by atoms with Crippen LogP contribution in [0, 0.1) is 5.41 Å². The molecule has 0 radical (unpaired) electrons. The van der Waals surface area contributed by atoms with Crippen LogP contribution in [0.25, 0.3) is 0 Å². The van der Waals surface area contributed by atoms with Gasteiger partial charge < -0.3 is 10.1 Å². The molecule has 0 amide bonds. The van der Waals surface area contributed by atoms with Gasteiger partial charge in [-0.05, 0) is 43.9 Å². The molecule has 1 aliphatic rings. The van der Waals surface area contributed by atoms with Gasteiger partial charge in [0.1, 0.15) is 0 Å². The van der Waals surface area contributed by atoms with Gasteiger partial charge in [-0.2, -0.15) is 0 Å². The van der Waals surface area contributed by atoms with Gasteiger partial charge in [-0.25, -0.2) is 0 Å². The number of hydrogen-bond donors (Lipinski definition) is 1. The molecule has 0 saturated carbocycles. The lowest BCUT2D eigenvalue weighted by molar-refractivity contribution is 0.0218. The van der Waals surface area contributed by atoms with Crippen LogP contribution in [0.5, 0.6) is 0 Å². The third kappa shape index (κ3) is 4.28. The van der Waals surface area contributed by atoms with Crippen LogP contribution in [-0.2, 0) is 11.3 Å². The van der Waals surface area contributed by atoms with Gasteiger partial charge in [-0.15, -0.1) is 11.3 Å². The number of rotatable bonds is 7. The van der Waals surface area contributed by atoms with Crippen LogP contribution < -0.4 is 5.32 Å². The predicted octanol–water partition coefficient (Wildman–Crippen LogP) is 2.59. The van der Waals surface area contributed by atoms with Crippen LogP contribution in [-0.4, -0.2) is 44.8 Å². The minimum absolute atomic E-state index is 0.341. The topological polar surface area (TPSA) is 24.5 Å². The first-order valence-corrected chi connectivity index (χ1v) is 8.10. The highest BCUT2D eigenvalue weighted by Crippen LogP contribution is 2.31. The number of nitrogens with one attached hydrogen (secondary N) is 1. The SMILES string of the molecule is CCN(Cc1cccs1)CC1(COC)CCNCC1. The fraction of sp³-hybridized carbons (Fsp3) is 0.733. The maximum Gasteiger partial charge on any atom is 0.0531 e. The monoisotopic (exact) mass is 282 g/mol. The third-order valence-corrected chi connectivity index (χ3v) is 4.94. The van der Waals surface area contributed by atoms with E-state index >= 15 is 0 Å². The highest BCUT2D eigenvalue weighted by atomic mass is 32.1. The van der Waals surface area contributed by atoms with E-state index in [9.17, 15) is 0 Å². The number of nitrogens with zero attached hydrogens (tertiary/aromatic N) is 1. The Kier molecular flexibility index (Phi) is 5.82. The minimum Gasteiger partial charge on any atom is -0.384 e. The van der Waals surface area contributed by atoms with E-state index in [-0.39, 0.29) is 0 Å². The summed E-state index contributed by atoms with van der Waals surface area (Å²) in [5.41, 5.74) is 0.341. The van der Waals surface area contributed by atoms with Crippen molar-refractivity contribution in [1.29, 1.82) is 0 Å². The predicted molar refractivity (Wildman–Crippen MR) is 81.7 cm³/mol. The second-order valence-electron chi connectivity index (χ2n) is 5.57. The molecule has 4 heteroatoms. The number of methoxy groups -OCH3 is 1. The summed E-state index contributed by atoms with van der Waals surface area (Å²) in [6.45, 7) is 8.73. The van der Waals surface area contributed by atoms with Gasteiger partial charge in [-0.3, -0.25) is 4.90 Å². The average molecular weight is 282 g/mol. The largest absolute Gasteiger partial charge is 0.384 e. The summed E-state index contributed by atoms with van der Waals surface area (Å²) in [6, 6.07) is 4.38. The Morgan fingerprint density at radius 1 is 1.42 bits per heavy atom. The summed E-state index contributed by atoms with van der Waals surface area (Å²) in [5, 5.41) is 5.63. The fourth-order valence-electron chi connectivity index (χ4n) is 2.99. The zero-order chi connectivity index (χ0) is 13.6. The van der Waals surface area contributed by atoms with Crippen molar-refractivity contribution in [2.24, 2.45) is 5.41 Å². The Balaban J connectivity index is 1.97. The van der Waals surface area contributed by atoms with E-state index in [2.05, 4.69) is 34.7 Å². The third-order valence-electron chi connectivity index (χ3n) is 4.08. The molecule has 1 saturated heterocycles. The van der Waals surface area contributed by atoms with Gasteiger partial charge in [0.25, 0.3) is 0 Å². The van der Waals surface area contributed by atoms with Crippen molar-refractivity contribution in [1.82, 2.24) is 10.2 Å². The highest BCUT2D eigenvalue weighted by molar-refractivity contribution is 7.09. The zero-order valence-electron chi connectivity index (χ0n) is 12.2. The summed E-state index contributed by atoms with van der Waals surface area (Å²) >= 11 is 1.86. The fourth-order valence-corrected chi connectivity index (χ4v) is 3.73. The Morgan fingerprint density at radius 3 is 2.79 bits per heavy atom. The molecule has 0 atom stereocenters. The molecule has 2 heterocycles. The normalized spacial score (nSPS) is 18.9. The van der Waals surface area contributed by atoms with Gasteiger partial charge >= 0.3 is 0 Å². The number of thiophene rings is 1. The molecule has 1 aliphatic heterocycles. The average Bonchev–Trinajstić information content (AvgIpc) is 2.92. The quantitative estimate of drug-likeness (QED) is 0.832. The highest BCUT2D eigenvalue weighted by Gasteiger charge is 2.33. The molecule has 0 aliphatic carbocycles. The Hall–Kier alpha value is -0.420. The first-order valence-electron chi connectivity index (χ1n) is 7.22. The van der Waals surface area contributed by atoms with Gasteiger partial charge in [0.2, 0.25) is 0 Å². The summed E-state index contributed by atoms with van der Waals surface area (Å²) in [4.78, 5) is 4.03. The van der Waals surface area contributed by atoms with E-state index in [0.29, 0.717) is 5.41 Å². The zero-order valence-corrected chi connectivity index (χ0v) is 13.0. The van der Waals surface area contributed by atoms with Crippen molar-refractivity contribution in [3.8, 4) is 0 Å². The lowest BCUT2D eigenvalue weighted by Gasteiger charge is -2.40. The van der Waals surface area contributed by atoms with Crippen LogP contribution in [0.4, 0.5) is 0 Å². The maximum absolute atomic E-state index is 5.51. The van der Waals surface area contributed by atoms with E-state index in [4.69, 9.17) is 4.74 Å². The number of hydrogen-bond acceptors (Lipinski definition) is 4. The van der Waals surface area contributed by atoms with Crippen LogP contribution in [0.1, 0.15) is 24.6 Å². The molecule has 0 unspecified atom stereocenters. The number of ether oxygens (including phenoxy) is 1. The van der Waals surface area contributed by atoms with E-state index in [1.165, 1.54) is 17.7 Å². The van der Waals surface area contributed by atoms with Crippen LogP contribution in [0.3, 0.4) is 0 Å². The van der Waals surface area contributed by atoms with Gasteiger partial charge in [0, 0.05) is 30.5 Å². The molecule has 0 aromatic carbocycles. The van der Waals surface area contributed by atoms with Crippen LogP contribution >= 0.6 is 11.3 Å². The van der Waals surface area contributed by atoms with E-state index in [1.807, 2.05) is 18.4 Å². The molecule has 3 nitrogen and oxygen atoms in total. The molecular weight excluding hydrogens is 256 g/mol. The lowest BCUT2D eigenvalue weighted by atomic mass is 9.79. The standard InChI is InChI=1S/C15H26N2OS/c1-3-17(11-14-5-4-10-19-14)12-15(13-18-2)6-8-16-9-7-15/h4-5,10,16H,3,6-9,11-13H2,1-2H3. The second-order valence-corrected chi connectivity index (χ2v) is 6.60. The second kappa shape index (κ2) is 7.39. The van der Waals surface area contributed by atoms with Crippen molar-refractivity contribution >= 4 is 11.3 Å². The van der Waals surface area contributed by atoms with Crippen molar-refractivity contribution in [3.05, 3.63) is 22.4 Å². The summed E-state index contributed by atoms with van der Waals surface area (Å²) in [6.07, 6.45) is 2.45.